The van der Waals surface area contributed by atoms with Crippen LogP contribution >= 0.6 is 0 Å². The number of carbonyl (C=O) groups excluding carboxylic acids is 1. The molecule has 1 aliphatic rings. The van der Waals surface area contributed by atoms with Crippen molar-refractivity contribution in [1.82, 2.24) is 19.7 Å². The highest BCUT2D eigenvalue weighted by Gasteiger charge is 2.38. The van der Waals surface area contributed by atoms with Crippen molar-refractivity contribution < 1.29 is 14.7 Å². The maximum absolute atomic E-state index is 12.6. The van der Waals surface area contributed by atoms with Crippen LogP contribution < -0.4 is 0 Å². The Labute approximate surface area is 127 Å². The van der Waals surface area contributed by atoms with Gasteiger partial charge in [0.25, 0.3) is 5.91 Å². The van der Waals surface area contributed by atoms with E-state index in [2.05, 4.69) is 10.2 Å². The van der Waals surface area contributed by atoms with Gasteiger partial charge in [0.05, 0.1) is 0 Å². The molecule has 3 rings (SSSR count). The molecule has 0 bridgehead atoms. The third-order valence-corrected chi connectivity index (χ3v) is 3.78. The summed E-state index contributed by atoms with van der Waals surface area (Å²) in [4.78, 5) is 25.3. The molecule has 114 valence electrons. The van der Waals surface area contributed by atoms with E-state index >= 15 is 0 Å². The monoisotopic (exact) mass is 300 g/mol. The Kier molecular flexibility index (Phi) is 3.62. The number of carbonyl (C=O) groups is 2. The minimum atomic E-state index is -0.985. The Morgan fingerprint density at radius 2 is 1.82 bits per heavy atom. The molecule has 1 unspecified atom stereocenters. The molecule has 1 saturated carbocycles. The normalized spacial score (nSPS) is 15.3. The third-order valence-electron chi connectivity index (χ3n) is 3.78. The summed E-state index contributed by atoms with van der Waals surface area (Å²) >= 11 is 0. The average molecular weight is 300 g/mol. The fraction of sp³-hybridized carbons (Fsp3) is 0.333. The van der Waals surface area contributed by atoms with Gasteiger partial charge in [-0.2, -0.15) is 0 Å². The molecule has 2 aromatic rings. The van der Waals surface area contributed by atoms with E-state index in [1.165, 1.54) is 4.90 Å². The summed E-state index contributed by atoms with van der Waals surface area (Å²) in [5, 5.41) is 16.6. The fourth-order valence-electron chi connectivity index (χ4n) is 2.39. The lowest BCUT2D eigenvalue weighted by Gasteiger charge is -2.26. The Hall–Kier alpha value is -2.70. The molecule has 1 fully saturated rings. The number of hydrogen-bond acceptors (Lipinski definition) is 4. The van der Waals surface area contributed by atoms with Crippen molar-refractivity contribution in [3.05, 3.63) is 42.5 Å². The van der Waals surface area contributed by atoms with Crippen LogP contribution in [0.3, 0.4) is 0 Å². The minimum absolute atomic E-state index is 0.0381. The average Bonchev–Trinajstić information content (AvgIpc) is 3.19. The first-order valence-electron chi connectivity index (χ1n) is 7.08. The number of carboxylic acids is 1. The molecule has 1 amide bonds. The van der Waals surface area contributed by atoms with Crippen LogP contribution in [-0.4, -0.2) is 48.7 Å². The van der Waals surface area contributed by atoms with E-state index in [0.717, 1.165) is 18.5 Å². The van der Waals surface area contributed by atoms with E-state index in [0.29, 0.717) is 5.56 Å². The second-order valence-electron chi connectivity index (χ2n) is 5.37. The molecular formula is C15H16N4O3. The van der Waals surface area contributed by atoms with Gasteiger partial charge in [-0.3, -0.25) is 9.36 Å². The standard InChI is InChI=1S/C15H16N4O3/c1-10(15(21)22)19(13-6-7-13)14(20)11-2-4-12(5-3-11)18-8-16-17-9-18/h2-5,8-10,13H,6-7H2,1H3,(H,21,22). The van der Waals surface area contributed by atoms with Crippen LogP contribution in [0.2, 0.25) is 0 Å². The summed E-state index contributed by atoms with van der Waals surface area (Å²) in [6.45, 7) is 1.55. The summed E-state index contributed by atoms with van der Waals surface area (Å²) in [5.41, 5.74) is 1.32. The molecule has 0 radical (unpaired) electrons. The van der Waals surface area contributed by atoms with Crippen molar-refractivity contribution in [2.75, 3.05) is 0 Å². The van der Waals surface area contributed by atoms with Crippen molar-refractivity contribution in [2.24, 2.45) is 0 Å². The quantitative estimate of drug-likeness (QED) is 0.900. The number of aliphatic carboxylic acids is 1. The van der Waals surface area contributed by atoms with Crippen LogP contribution in [0.1, 0.15) is 30.1 Å². The smallest absolute Gasteiger partial charge is 0.326 e. The van der Waals surface area contributed by atoms with E-state index in [-0.39, 0.29) is 11.9 Å². The summed E-state index contributed by atoms with van der Waals surface area (Å²) in [7, 11) is 0. The van der Waals surface area contributed by atoms with Gasteiger partial charge < -0.3 is 10.0 Å². The van der Waals surface area contributed by atoms with Gasteiger partial charge in [0.2, 0.25) is 0 Å². The lowest BCUT2D eigenvalue weighted by Crippen LogP contribution is -2.44. The van der Waals surface area contributed by atoms with Gasteiger partial charge in [-0.15, -0.1) is 10.2 Å². The molecule has 1 N–H and O–H groups in total. The zero-order valence-corrected chi connectivity index (χ0v) is 12.1. The maximum Gasteiger partial charge on any atom is 0.326 e. The van der Waals surface area contributed by atoms with E-state index in [9.17, 15) is 14.7 Å². The zero-order chi connectivity index (χ0) is 15.7. The molecule has 0 aliphatic heterocycles. The van der Waals surface area contributed by atoms with Crippen LogP contribution in [-0.2, 0) is 4.79 Å². The predicted octanol–water partition coefficient (Wildman–Crippen LogP) is 1.35. The van der Waals surface area contributed by atoms with Crippen LogP contribution in [0.15, 0.2) is 36.9 Å². The van der Waals surface area contributed by atoms with Crippen molar-refractivity contribution >= 4 is 11.9 Å². The predicted molar refractivity (Wildman–Crippen MR) is 77.6 cm³/mol. The topological polar surface area (TPSA) is 88.3 Å². The molecule has 1 aromatic carbocycles. The largest absolute Gasteiger partial charge is 0.480 e. The van der Waals surface area contributed by atoms with Gasteiger partial charge in [0, 0.05) is 17.3 Å². The molecular weight excluding hydrogens is 284 g/mol. The second-order valence-corrected chi connectivity index (χ2v) is 5.37. The van der Waals surface area contributed by atoms with Crippen LogP contribution in [0.4, 0.5) is 0 Å². The minimum Gasteiger partial charge on any atom is -0.480 e. The van der Waals surface area contributed by atoms with Crippen LogP contribution in [0, 0.1) is 0 Å². The molecule has 7 heteroatoms. The Morgan fingerprint density at radius 3 is 2.32 bits per heavy atom. The van der Waals surface area contributed by atoms with Crippen LogP contribution in [0.25, 0.3) is 5.69 Å². The Balaban J connectivity index is 1.83. The maximum atomic E-state index is 12.6. The van der Waals surface area contributed by atoms with Gasteiger partial charge in [-0.25, -0.2) is 4.79 Å². The molecule has 1 heterocycles. The second kappa shape index (κ2) is 5.59. The lowest BCUT2D eigenvalue weighted by atomic mass is 10.1. The number of carboxylic acid groups (broad SMARTS) is 1. The fourth-order valence-corrected chi connectivity index (χ4v) is 2.39. The summed E-state index contributed by atoms with van der Waals surface area (Å²) in [6.07, 6.45) is 4.87. The molecule has 1 aliphatic carbocycles. The zero-order valence-electron chi connectivity index (χ0n) is 12.1. The van der Waals surface area contributed by atoms with Gasteiger partial charge in [0.15, 0.2) is 0 Å². The van der Waals surface area contributed by atoms with Crippen molar-refractivity contribution in [2.45, 2.75) is 31.8 Å². The summed E-state index contributed by atoms with van der Waals surface area (Å²) < 4.78 is 1.73. The number of amides is 1. The Morgan fingerprint density at radius 1 is 1.23 bits per heavy atom. The number of rotatable bonds is 5. The molecule has 0 saturated heterocycles. The molecule has 22 heavy (non-hydrogen) atoms. The SMILES string of the molecule is CC(C(=O)O)N(C(=O)c1ccc(-n2cnnc2)cc1)C1CC1. The molecule has 1 aromatic heterocycles. The van der Waals surface area contributed by atoms with Crippen LogP contribution in [0.5, 0.6) is 0 Å². The highest BCUT2D eigenvalue weighted by Crippen LogP contribution is 2.30. The molecule has 0 spiro atoms. The number of benzene rings is 1. The van der Waals surface area contributed by atoms with Crippen molar-refractivity contribution in [1.29, 1.82) is 0 Å². The first kappa shape index (κ1) is 14.2. The number of aromatic nitrogens is 3. The van der Waals surface area contributed by atoms with Crippen molar-refractivity contribution in [3.8, 4) is 5.69 Å². The van der Waals surface area contributed by atoms with E-state index in [4.69, 9.17) is 0 Å². The van der Waals surface area contributed by atoms with Gasteiger partial charge in [-0.05, 0) is 44.0 Å². The highest BCUT2D eigenvalue weighted by atomic mass is 16.4. The van der Waals surface area contributed by atoms with Crippen molar-refractivity contribution in [3.63, 3.8) is 0 Å². The first-order valence-corrected chi connectivity index (χ1v) is 7.08. The van der Waals surface area contributed by atoms with E-state index in [1.807, 2.05) is 0 Å². The number of hydrogen-bond donors (Lipinski definition) is 1. The Bertz CT molecular complexity index is 677. The van der Waals surface area contributed by atoms with E-state index in [1.54, 1.807) is 48.4 Å². The first-order chi connectivity index (χ1) is 10.6. The summed E-state index contributed by atoms with van der Waals surface area (Å²) in [5.74, 6) is -1.23. The van der Waals surface area contributed by atoms with Gasteiger partial charge in [-0.1, -0.05) is 0 Å². The number of nitrogens with zero attached hydrogens (tertiary/aromatic N) is 4. The molecule has 7 nitrogen and oxygen atoms in total. The van der Waals surface area contributed by atoms with Gasteiger partial charge in [0.1, 0.15) is 18.7 Å². The van der Waals surface area contributed by atoms with E-state index < -0.39 is 12.0 Å². The third kappa shape index (κ3) is 2.69. The lowest BCUT2D eigenvalue weighted by molar-refractivity contribution is -0.141. The van der Waals surface area contributed by atoms with Gasteiger partial charge >= 0.3 is 5.97 Å². The summed E-state index contributed by atoms with van der Waals surface area (Å²) in [6, 6.07) is 6.18. The highest BCUT2D eigenvalue weighted by molar-refractivity contribution is 5.97. The molecule has 1 atom stereocenters.